The van der Waals surface area contributed by atoms with Crippen LogP contribution in [0.2, 0.25) is 0 Å². The molecule has 1 aromatic heterocycles. The first-order chi connectivity index (χ1) is 6.75. The quantitative estimate of drug-likeness (QED) is 0.915. The Labute approximate surface area is 102 Å². The van der Waals surface area contributed by atoms with Crippen molar-refractivity contribution >= 4 is 39.0 Å². The van der Waals surface area contributed by atoms with Crippen molar-refractivity contribution in [3.05, 3.63) is 20.8 Å². The first-order valence-corrected chi connectivity index (χ1v) is 7.56. The molecule has 1 saturated heterocycles. The van der Waals surface area contributed by atoms with E-state index in [9.17, 15) is 0 Å². The summed E-state index contributed by atoms with van der Waals surface area (Å²) in [7, 11) is 0. The van der Waals surface area contributed by atoms with E-state index in [4.69, 9.17) is 0 Å². The smallest absolute Gasteiger partial charge is 0.0303 e. The third kappa shape index (κ3) is 2.75. The van der Waals surface area contributed by atoms with Gasteiger partial charge in [-0.25, -0.2) is 0 Å². The Hall–Kier alpha value is 0.490. The molecule has 14 heavy (non-hydrogen) atoms. The van der Waals surface area contributed by atoms with E-state index in [1.165, 1.54) is 21.5 Å². The summed E-state index contributed by atoms with van der Waals surface area (Å²) in [4.78, 5) is 1.42. The fraction of sp³-hybridized carbons (Fsp3) is 0.600. The lowest BCUT2D eigenvalue weighted by molar-refractivity contribution is 0.515. The summed E-state index contributed by atoms with van der Waals surface area (Å²) in [6, 6.07) is 2.91. The molecule has 78 valence electrons. The van der Waals surface area contributed by atoms with Gasteiger partial charge in [0.15, 0.2) is 0 Å². The number of halogens is 1. The molecule has 0 spiro atoms. The molecule has 1 nitrogen and oxygen atoms in total. The van der Waals surface area contributed by atoms with Gasteiger partial charge in [-0.15, -0.1) is 11.3 Å². The molecule has 0 amide bonds. The summed E-state index contributed by atoms with van der Waals surface area (Å²) < 4.78 is 1.20. The molecule has 2 atom stereocenters. The summed E-state index contributed by atoms with van der Waals surface area (Å²) in [5.41, 5.74) is 0. The van der Waals surface area contributed by atoms with Gasteiger partial charge in [0.05, 0.1) is 0 Å². The summed E-state index contributed by atoms with van der Waals surface area (Å²) in [6.07, 6.45) is 1.32. The van der Waals surface area contributed by atoms with Crippen LogP contribution >= 0.6 is 39.0 Å². The van der Waals surface area contributed by atoms with Gasteiger partial charge in [0.1, 0.15) is 0 Å². The van der Waals surface area contributed by atoms with Crippen LogP contribution in [0.5, 0.6) is 0 Å². The fourth-order valence-corrected chi connectivity index (χ4v) is 4.31. The molecule has 0 saturated carbocycles. The maximum absolute atomic E-state index is 3.63. The molecule has 2 unspecified atom stereocenters. The SMILES string of the molecule is CC1SCCC1NCc1cc(Br)cs1. The second kappa shape index (κ2) is 5.01. The monoisotopic (exact) mass is 291 g/mol. The van der Waals surface area contributed by atoms with Crippen molar-refractivity contribution < 1.29 is 0 Å². The highest BCUT2D eigenvalue weighted by atomic mass is 79.9. The lowest BCUT2D eigenvalue weighted by Gasteiger charge is -2.15. The second-order valence-corrected chi connectivity index (χ2v) is 6.98. The van der Waals surface area contributed by atoms with Crippen molar-refractivity contribution in [1.29, 1.82) is 0 Å². The Morgan fingerprint density at radius 2 is 2.50 bits per heavy atom. The Balaban J connectivity index is 1.82. The van der Waals surface area contributed by atoms with Gasteiger partial charge in [-0.1, -0.05) is 6.92 Å². The largest absolute Gasteiger partial charge is 0.308 e. The molecule has 0 aromatic carbocycles. The van der Waals surface area contributed by atoms with Crippen LogP contribution in [0.15, 0.2) is 15.9 Å². The van der Waals surface area contributed by atoms with E-state index >= 15 is 0 Å². The van der Waals surface area contributed by atoms with Crippen LogP contribution in [-0.2, 0) is 6.54 Å². The van der Waals surface area contributed by atoms with Crippen molar-refractivity contribution in [2.24, 2.45) is 0 Å². The molecule has 2 heterocycles. The Morgan fingerprint density at radius 1 is 1.64 bits per heavy atom. The van der Waals surface area contributed by atoms with E-state index in [2.05, 4.69) is 51.4 Å². The molecule has 0 radical (unpaired) electrons. The molecule has 0 aliphatic carbocycles. The van der Waals surface area contributed by atoms with E-state index in [1.54, 1.807) is 0 Å². The third-order valence-electron chi connectivity index (χ3n) is 2.54. The van der Waals surface area contributed by atoms with Crippen molar-refractivity contribution in [2.75, 3.05) is 5.75 Å². The normalized spacial score (nSPS) is 27.0. The third-order valence-corrected chi connectivity index (χ3v) is 5.56. The lowest BCUT2D eigenvalue weighted by Crippen LogP contribution is -2.32. The van der Waals surface area contributed by atoms with Gasteiger partial charge in [0.2, 0.25) is 0 Å². The number of hydrogen-bond donors (Lipinski definition) is 1. The molecule has 1 aromatic rings. The zero-order chi connectivity index (χ0) is 9.97. The van der Waals surface area contributed by atoms with Crippen molar-refractivity contribution in [2.45, 2.75) is 31.2 Å². The predicted molar refractivity (Wildman–Crippen MR) is 69.2 cm³/mol. The van der Waals surface area contributed by atoms with Gasteiger partial charge in [-0.3, -0.25) is 0 Å². The summed E-state index contributed by atoms with van der Waals surface area (Å²) >= 11 is 7.37. The predicted octanol–water partition coefficient (Wildman–Crippen LogP) is 3.49. The van der Waals surface area contributed by atoms with Crippen molar-refractivity contribution in [3.63, 3.8) is 0 Å². The number of hydrogen-bond acceptors (Lipinski definition) is 3. The van der Waals surface area contributed by atoms with E-state index in [0.29, 0.717) is 6.04 Å². The van der Waals surface area contributed by atoms with Crippen LogP contribution in [0.25, 0.3) is 0 Å². The van der Waals surface area contributed by atoms with Crippen LogP contribution < -0.4 is 5.32 Å². The number of thiophene rings is 1. The fourth-order valence-electron chi connectivity index (χ4n) is 1.68. The maximum atomic E-state index is 3.63. The van der Waals surface area contributed by atoms with Crippen molar-refractivity contribution in [1.82, 2.24) is 5.32 Å². The minimum Gasteiger partial charge on any atom is -0.308 e. The molecule has 4 heteroatoms. The Kier molecular flexibility index (Phi) is 3.93. The van der Waals surface area contributed by atoms with Gasteiger partial charge in [-0.2, -0.15) is 11.8 Å². The summed E-state index contributed by atoms with van der Waals surface area (Å²) in [5.74, 6) is 1.31. The van der Waals surface area contributed by atoms with Crippen molar-refractivity contribution in [3.8, 4) is 0 Å². The molecule has 0 bridgehead atoms. The first kappa shape index (κ1) is 11.0. The lowest BCUT2D eigenvalue weighted by atomic mass is 10.2. The highest BCUT2D eigenvalue weighted by Crippen LogP contribution is 2.27. The topological polar surface area (TPSA) is 12.0 Å². The molecule has 1 aliphatic heterocycles. The van der Waals surface area contributed by atoms with E-state index in [-0.39, 0.29) is 0 Å². The molecule has 2 rings (SSSR count). The molecular formula is C10H14BrNS2. The standard InChI is InChI=1S/C10H14BrNS2/c1-7-10(2-3-13-7)12-5-9-4-8(11)6-14-9/h4,6-7,10,12H,2-3,5H2,1H3. The van der Waals surface area contributed by atoms with Crippen LogP contribution in [0.1, 0.15) is 18.2 Å². The van der Waals surface area contributed by atoms with Crippen LogP contribution in [0.4, 0.5) is 0 Å². The van der Waals surface area contributed by atoms with E-state index in [1.807, 2.05) is 11.3 Å². The second-order valence-electron chi connectivity index (χ2n) is 3.58. The van der Waals surface area contributed by atoms with Gasteiger partial charge in [0.25, 0.3) is 0 Å². The number of nitrogens with one attached hydrogen (secondary N) is 1. The van der Waals surface area contributed by atoms with Gasteiger partial charge in [0, 0.05) is 32.6 Å². The van der Waals surface area contributed by atoms with Gasteiger partial charge >= 0.3 is 0 Å². The maximum Gasteiger partial charge on any atom is 0.0303 e. The zero-order valence-corrected chi connectivity index (χ0v) is 11.3. The highest BCUT2D eigenvalue weighted by Gasteiger charge is 2.23. The van der Waals surface area contributed by atoms with Crippen LogP contribution in [0.3, 0.4) is 0 Å². The molecule has 1 fully saturated rings. The Bertz CT molecular complexity index is 300. The first-order valence-electron chi connectivity index (χ1n) is 4.83. The highest BCUT2D eigenvalue weighted by molar-refractivity contribution is 9.10. The Morgan fingerprint density at radius 3 is 3.07 bits per heavy atom. The van der Waals surface area contributed by atoms with E-state index in [0.717, 1.165) is 11.8 Å². The van der Waals surface area contributed by atoms with Gasteiger partial charge in [-0.05, 0) is 34.2 Å². The summed E-state index contributed by atoms with van der Waals surface area (Å²) in [6.45, 7) is 3.34. The number of thioether (sulfide) groups is 1. The average molecular weight is 292 g/mol. The van der Waals surface area contributed by atoms with E-state index < -0.39 is 0 Å². The zero-order valence-electron chi connectivity index (χ0n) is 8.13. The number of rotatable bonds is 3. The van der Waals surface area contributed by atoms with Gasteiger partial charge < -0.3 is 5.32 Å². The minimum absolute atomic E-state index is 0.709. The molecule has 1 N–H and O–H groups in total. The molecular weight excluding hydrogens is 278 g/mol. The summed E-state index contributed by atoms with van der Waals surface area (Å²) in [5, 5.41) is 6.55. The average Bonchev–Trinajstić information content (AvgIpc) is 2.72. The minimum atomic E-state index is 0.709. The van der Waals surface area contributed by atoms with Crippen LogP contribution in [-0.4, -0.2) is 17.0 Å². The van der Waals surface area contributed by atoms with Crippen LogP contribution in [0, 0.1) is 0 Å². The molecule has 1 aliphatic rings.